The lowest BCUT2D eigenvalue weighted by molar-refractivity contribution is -0.136. The molecule has 2 heterocycles. The lowest BCUT2D eigenvalue weighted by Crippen LogP contribution is -2.41. The predicted octanol–water partition coefficient (Wildman–Crippen LogP) is 2.41. The Hall–Kier alpha value is -3.11. The molecule has 10 heteroatoms. The highest BCUT2D eigenvalue weighted by molar-refractivity contribution is 7.92. The zero-order valence-corrected chi connectivity index (χ0v) is 20.0. The van der Waals surface area contributed by atoms with Crippen LogP contribution in [0.2, 0.25) is 0 Å². The predicted molar refractivity (Wildman–Crippen MR) is 128 cm³/mol. The van der Waals surface area contributed by atoms with Crippen LogP contribution in [0.15, 0.2) is 47.4 Å². The highest BCUT2D eigenvalue weighted by Crippen LogP contribution is 2.32. The molecule has 1 N–H and O–H groups in total. The van der Waals surface area contributed by atoms with E-state index in [0.29, 0.717) is 63.0 Å². The first-order valence-corrected chi connectivity index (χ1v) is 12.9. The van der Waals surface area contributed by atoms with Crippen LogP contribution in [0.1, 0.15) is 25.3 Å². The first-order chi connectivity index (χ1) is 16.4. The molecular weight excluding hydrogens is 458 g/mol. The SMILES string of the molecule is CCOc1ccccc1NS(=O)(=O)c1ccc2c(c1)CCN2C(=O)CCC(=O)N1CCOCC1. The summed E-state index contributed by atoms with van der Waals surface area (Å²) in [7, 11) is -3.84. The van der Waals surface area contributed by atoms with Crippen molar-refractivity contribution >= 4 is 33.2 Å². The second kappa shape index (κ2) is 10.4. The van der Waals surface area contributed by atoms with E-state index in [9.17, 15) is 18.0 Å². The topological polar surface area (TPSA) is 105 Å². The molecule has 2 aliphatic rings. The molecule has 0 bridgehead atoms. The summed E-state index contributed by atoms with van der Waals surface area (Å²) in [6, 6.07) is 11.6. The Labute approximate surface area is 199 Å². The molecule has 0 aromatic heterocycles. The zero-order chi connectivity index (χ0) is 24.1. The summed E-state index contributed by atoms with van der Waals surface area (Å²) < 4.78 is 39.4. The molecule has 2 aromatic carbocycles. The van der Waals surface area contributed by atoms with E-state index >= 15 is 0 Å². The van der Waals surface area contributed by atoms with Gasteiger partial charge in [0.05, 0.1) is 30.4 Å². The number of rotatable bonds is 8. The second-order valence-corrected chi connectivity index (χ2v) is 9.80. The van der Waals surface area contributed by atoms with Gasteiger partial charge in [0.1, 0.15) is 5.75 Å². The molecule has 0 atom stereocenters. The molecule has 0 unspecified atom stereocenters. The number of amides is 2. The van der Waals surface area contributed by atoms with E-state index in [1.54, 1.807) is 46.2 Å². The lowest BCUT2D eigenvalue weighted by atomic mass is 10.2. The van der Waals surface area contributed by atoms with Gasteiger partial charge in [-0.05, 0) is 49.2 Å². The van der Waals surface area contributed by atoms with Crippen molar-refractivity contribution in [3.63, 3.8) is 0 Å². The summed E-state index contributed by atoms with van der Waals surface area (Å²) in [4.78, 5) is 28.6. The number of sulfonamides is 1. The number of morpholine rings is 1. The van der Waals surface area contributed by atoms with Gasteiger partial charge >= 0.3 is 0 Å². The molecule has 34 heavy (non-hydrogen) atoms. The molecule has 4 rings (SSSR count). The molecule has 9 nitrogen and oxygen atoms in total. The van der Waals surface area contributed by atoms with Crippen LogP contribution >= 0.6 is 0 Å². The molecule has 0 spiro atoms. The van der Waals surface area contributed by atoms with Gasteiger partial charge in [0.25, 0.3) is 10.0 Å². The number of hydrogen-bond donors (Lipinski definition) is 1. The first-order valence-electron chi connectivity index (χ1n) is 11.4. The van der Waals surface area contributed by atoms with Crippen molar-refractivity contribution in [1.29, 1.82) is 0 Å². The van der Waals surface area contributed by atoms with Crippen LogP contribution < -0.4 is 14.4 Å². The van der Waals surface area contributed by atoms with E-state index in [1.165, 1.54) is 6.07 Å². The Bertz CT molecular complexity index is 1160. The van der Waals surface area contributed by atoms with Crippen LogP contribution in [0.4, 0.5) is 11.4 Å². The molecule has 182 valence electrons. The monoisotopic (exact) mass is 487 g/mol. The minimum Gasteiger partial charge on any atom is -0.492 e. The Morgan fingerprint density at radius 2 is 1.76 bits per heavy atom. The van der Waals surface area contributed by atoms with Crippen LogP contribution in [-0.2, 0) is 30.8 Å². The number of fused-ring (bicyclic) bond motifs is 1. The third kappa shape index (κ3) is 5.34. The number of anilines is 2. The Morgan fingerprint density at radius 3 is 2.53 bits per heavy atom. The summed E-state index contributed by atoms with van der Waals surface area (Å²) in [6.45, 7) is 4.87. The van der Waals surface area contributed by atoms with Crippen LogP contribution in [0.5, 0.6) is 5.75 Å². The minimum atomic E-state index is -3.84. The Balaban J connectivity index is 1.42. The van der Waals surface area contributed by atoms with Gasteiger partial charge in [-0.2, -0.15) is 0 Å². The van der Waals surface area contributed by atoms with Gasteiger partial charge in [0.15, 0.2) is 0 Å². The molecular formula is C24H29N3O6S. The highest BCUT2D eigenvalue weighted by Gasteiger charge is 2.28. The molecule has 2 aliphatic heterocycles. The number of nitrogens with zero attached hydrogens (tertiary/aromatic N) is 2. The second-order valence-electron chi connectivity index (χ2n) is 8.11. The zero-order valence-electron chi connectivity index (χ0n) is 19.2. The van der Waals surface area contributed by atoms with E-state index in [-0.39, 0.29) is 29.6 Å². The summed E-state index contributed by atoms with van der Waals surface area (Å²) in [5.41, 5.74) is 1.85. The number of carbonyl (C=O) groups excluding carboxylic acids is 2. The summed E-state index contributed by atoms with van der Waals surface area (Å²) in [6.07, 6.45) is 0.823. The maximum absolute atomic E-state index is 13.0. The molecule has 1 saturated heterocycles. The van der Waals surface area contributed by atoms with Crippen molar-refractivity contribution < 1.29 is 27.5 Å². The van der Waals surface area contributed by atoms with Crippen LogP contribution in [0.3, 0.4) is 0 Å². The molecule has 2 aromatic rings. The van der Waals surface area contributed by atoms with Crippen molar-refractivity contribution in [1.82, 2.24) is 4.90 Å². The van der Waals surface area contributed by atoms with E-state index in [2.05, 4.69) is 4.72 Å². The molecule has 0 aliphatic carbocycles. The van der Waals surface area contributed by atoms with E-state index in [0.717, 1.165) is 5.56 Å². The van der Waals surface area contributed by atoms with Crippen LogP contribution in [-0.4, -0.2) is 64.6 Å². The quantitative estimate of drug-likeness (QED) is 0.613. The number of hydrogen-bond acceptors (Lipinski definition) is 6. The smallest absolute Gasteiger partial charge is 0.262 e. The fourth-order valence-electron chi connectivity index (χ4n) is 4.16. The average Bonchev–Trinajstić information content (AvgIpc) is 3.27. The van der Waals surface area contributed by atoms with Crippen LogP contribution in [0, 0.1) is 0 Å². The van der Waals surface area contributed by atoms with E-state index in [4.69, 9.17) is 9.47 Å². The maximum atomic E-state index is 13.0. The van der Waals surface area contributed by atoms with Gasteiger partial charge < -0.3 is 19.3 Å². The van der Waals surface area contributed by atoms with Gasteiger partial charge in [0.2, 0.25) is 11.8 Å². The number of ether oxygens (including phenoxy) is 2. The van der Waals surface area contributed by atoms with E-state index < -0.39 is 10.0 Å². The third-order valence-electron chi connectivity index (χ3n) is 5.91. The van der Waals surface area contributed by atoms with Crippen molar-refractivity contribution in [2.24, 2.45) is 0 Å². The standard InChI is InChI=1S/C24H29N3O6S/c1-2-33-22-6-4-3-5-20(22)25-34(30,31)19-7-8-21-18(17-19)11-12-27(21)24(29)10-9-23(28)26-13-15-32-16-14-26/h3-8,17,25H,2,9-16H2,1H3. The fraction of sp³-hybridized carbons (Fsp3) is 0.417. The number of para-hydroxylation sites is 2. The van der Waals surface area contributed by atoms with Crippen molar-refractivity contribution in [2.45, 2.75) is 31.1 Å². The summed E-state index contributed by atoms with van der Waals surface area (Å²) in [5, 5.41) is 0. The van der Waals surface area contributed by atoms with Crippen molar-refractivity contribution in [2.75, 3.05) is 49.1 Å². The van der Waals surface area contributed by atoms with Crippen molar-refractivity contribution in [3.8, 4) is 5.75 Å². The number of carbonyl (C=O) groups is 2. The maximum Gasteiger partial charge on any atom is 0.262 e. The van der Waals surface area contributed by atoms with Gasteiger partial charge in [0, 0.05) is 38.2 Å². The van der Waals surface area contributed by atoms with E-state index in [1.807, 2.05) is 6.92 Å². The molecule has 1 fully saturated rings. The largest absolute Gasteiger partial charge is 0.492 e. The van der Waals surface area contributed by atoms with Gasteiger partial charge in [-0.25, -0.2) is 8.42 Å². The molecule has 0 saturated carbocycles. The fourth-order valence-corrected chi connectivity index (χ4v) is 5.28. The lowest BCUT2D eigenvalue weighted by Gasteiger charge is -2.27. The number of benzene rings is 2. The summed E-state index contributed by atoms with van der Waals surface area (Å²) in [5.74, 6) is 0.272. The minimum absolute atomic E-state index is 0.0454. The van der Waals surface area contributed by atoms with Gasteiger partial charge in [-0.3, -0.25) is 14.3 Å². The molecule has 0 radical (unpaired) electrons. The number of nitrogens with one attached hydrogen (secondary N) is 1. The summed E-state index contributed by atoms with van der Waals surface area (Å²) >= 11 is 0. The highest BCUT2D eigenvalue weighted by atomic mass is 32.2. The van der Waals surface area contributed by atoms with Crippen LogP contribution in [0.25, 0.3) is 0 Å². The van der Waals surface area contributed by atoms with Crippen molar-refractivity contribution in [3.05, 3.63) is 48.0 Å². The normalized spacial score (nSPS) is 15.7. The Morgan fingerprint density at radius 1 is 1.03 bits per heavy atom. The first kappa shape index (κ1) is 24.0. The Kier molecular flexibility index (Phi) is 7.38. The van der Waals surface area contributed by atoms with Gasteiger partial charge in [-0.1, -0.05) is 12.1 Å². The van der Waals surface area contributed by atoms with Gasteiger partial charge in [-0.15, -0.1) is 0 Å². The average molecular weight is 488 g/mol. The third-order valence-corrected chi connectivity index (χ3v) is 7.27. The molecule has 2 amide bonds.